The normalized spacial score (nSPS) is 9.08. The average Bonchev–Trinajstić information content (AvgIpc) is 2.03. The van der Waals surface area contributed by atoms with E-state index in [2.05, 4.69) is 16.6 Å². The van der Waals surface area contributed by atoms with Gasteiger partial charge in [-0.2, -0.15) is 0 Å². The molecule has 0 fully saturated rings. The Balaban J connectivity index is 3.50. The molecule has 0 saturated heterocycles. The van der Waals surface area contributed by atoms with Gasteiger partial charge < -0.3 is 15.2 Å². The van der Waals surface area contributed by atoms with Crippen LogP contribution in [0, 0.1) is 0 Å². The van der Waals surface area contributed by atoms with Crippen molar-refractivity contribution in [2.24, 2.45) is 0 Å². The molecule has 0 aromatic heterocycles. The third kappa shape index (κ3) is 4.45. The molecule has 0 aliphatic carbocycles. The van der Waals surface area contributed by atoms with Crippen LogP contribution in [-0.4, -0.2) is 37.2 Å². The second-order valence-corrected chi connectivity index (χ2v) is 2.09. The zero-order chi connectivity index (χ0) is 9.56. The number of carboxylic acid groups (broad SMARTS) is 1. The Labute approximate surface area is 70.0 Å². The fourth-order valence-corrected chi connectivity index (χ4v) is 0.463. The van der Waals surface area contributed by atoms with Gasteiger partial charge in [0.25, 0.3) is 0 Å². The number of carboxylic acids is 1. The highest BCUT2D eigenvalue weighted by Gasteiger charge is 2.04. The number of aliphatic carboxylic acids is 1. The van der Waals surface area contributed by atoms with Gasteiger partial charge in [0.1, 0.15) is 0 Å². The molecule has 0 amide bonds. The van der Waals surface area contributed by atoms with Gasteiger partial charge in [0.05, 0.1) is 13.7 Å². The molecule has 0 heterocycles. The highest BCUT2D eigenvalue weighted by Crippen LogP contribution is 1.85. The van der Waals surface area contributed by atoms with Gasteiger partial charge in [-0.1, -0.05) is 6.58 Å². The fraction of sp³-hybridized carbons (Fsp3) is 0.429. The number of hydrogen-bond donors (Lipinski definition) is 2. The van der Waals surface area contributed by atoms with Crippen molar-refractivity contribution in [3.63, 3.8) is 0 Å². The van der Waals surface area contributed by atoms with Crippen LogP contribution in [0.5, 0.6) is 0 Å². The van der Waals surface area contributed by atoms with Gasteiger partial charge in [0, 0.05) is 12.1 Å². The van der Waals surface area contributed by atoms with Gasteiger partial charge >= 0.3 is 11.9 Å². The molecule has 0 aliphatic heterocycles. The molecule has 0 aliphatic rings. The van der Waals surface area contributed by atoms with E-state index in [1.54, 1.807) is 0 Å². The maximum atomic E-state index is 10.5. The molecule has 2 N–H and O–H groups in total. The Kier molecular flexibility index (Phi) is 4.71. The highest BCUT2D eigenvalue weighted by molar-refractivity contribution is 5.86. The first-order valence-electron chi connectivity index (χ1n) is 3.26. The molecule has 0 rings (SSSR count). The summed E-state index contributed by atoms with van der Waals surface area (Å²) in [5, 5.41) is 10.9. The van der Waals surface area contributed by atoms with Crippen molar-refractivity contribution >= 4 is 11.9 Å². The zero-order valence-electron chi connectivity index (χ0n) is 6.79. The van der Waals surface area contributed by atoms with E-state index < -0.39 is 11.9 Å². The summed E-state index contributed by atoms with van der Waals surface area (Å²) in [4.78, 5) is 20.7. The summed E-state index contributed by atoms with van der Waals surface area (Å²) in [7, 11) is 1.26. The van der Waals surface area contributed by atoms with Crippen LogP contribution in [0.25, 0.3) is 0 Å². The van der Waals surface area contributed by atoms with E-state index in [-0.39, 0.29) is 18.7 Å². The molecule has 0 aromatic carbocycles. The van der Waals surface area contributed by atoms with Crippen molar-refractivity contribution in [2.75, 3.05) is 20.2 Å². The quantitative estimate of drug-likeness (QED) is 0.428. The lowest BCUT2D eigenvalue weighted by Gasteiger charge is -2.01. The Hall–Kier alpha value is -1.36. The van der Waals surface area contributed by atoms with Gasteiger partial charge in [-0.3, -0.25) is 4.79 Å². The average molecular weight is 173 g/mol. The van der Waals surface area contributed by atoms with Crippen molar-refractivity contribution in [1.29, 1.82) is 0 Å². The molecule has 5 nitrogen and oxygen atoms in total. The van der Waals surface area contributed by atoms with Crippen LogP contribution >= 0.6 is 0 Å². The van der Waals surface area contributed by atoms with Crippen molar-refractivity contribution in [2.45, 2.75) is 0 Å². The molecule has 5 heteroatoms. The summed E-state index contributed by atoms with van der Waals surface area (Å²) in [5.74, 6) is -1.51. The minimum Gasteiger partial charge on any atom is -0.478 e. The molecule has 0 bridgehead atoms. The lowest BCUT2D eigenvalue weighted by Crippen LogP contribution is -2.27. The molecule has 68 valence electrons. The Bertz CT molecular complexity index is 200. The van der Waals surface area contributed by atoms with Crippen LogP contribution in [0.15, 0.2) is 12.2 Å². The van der Waals surface area contributed by atoms with E-state index >= 15 is 0 Å². The molecule has 0 radical (unpaired) electrons. The second kappa shape index (κ2) is 5.31. The van der Waals surface area contributed by atoms with Crippen LogP contribution in [0.1, 0.15) is 0 Å². The second-order valence-electron chi connectivity index (χ2n) is 2.09. The molecular formula is C7H11NO4. The maximum absolute atomic E-state index is 10.5. The number of rotatable bonds is 5. The molecule has 0 saturated carbocycles. The summed E-state index contributed by atoms with van der Waals surface area (Å²) in [6.07, 6.45) is 0. The summed E-state index contributed by atoms with van der Waals surface area (Å²) in [5.41, 5.74) is 0.0129. The van der Waals surface area contributed by atoms with Gasteiger partial charge in [-0.15, -0.1) is 0 Å². The third-order valence-electron chi connectivity index (χ3n) is 1.14. The fourth-order valence-electron chi connectivity index (χ4n) is 0.463. The Morgan fingerprint density at radius 1 is 1.50 bits per heavy atom. The summed E-state index contributed by atoms with van der Waals surface area (Å²) >= 11 is 0. The number of hydrogen-bond acceptors (Lipinski definition) is 4. The van der Waals surface area contributed by atoms with Gasteiger partial charge in [0.2, 0.25) is 0 Å². The van der Waals surface area contributed by atoms with E-state index in [1.165, 1.54) is 7.11 Å². The van der Waals surface area contributed by atoms with Crippen LogP contribution in [-0.2, 0) is 14.3 Å². The van der Waals surface area contributed by atoms with E-state index in [0.717, 1.165) is 0 Å². The van der Waals surface area contributed by atoms with Crippen molar-refractivity contribution in [3.05, 3.63) is 12.2 Å². The largest absolute Gasteiger partial charge is 0.478 e. The van der Waals surface area contributed by atoms with Crippen LogP contribution in [0.2, 0.25) is 0 Å². The van der Waals surface area contributed by atoms with Crippen molar-refractivity contribution in [3.8, 4) is 0 Å². The van der Waals surface area contributed by atoms with E-state index in [9.17, 15) is 9.59 Å². The Morgan fingerprint density at radius 2 is 2.08 bits per heavy atom. The van der Waals surface area contributed by atoms with Gasteiger partial charge in [-0.25, -0.2) is 4.79 Å². The van der Waals surface area contributed by atoms with Crippen LogP contribution in [0.3, 0.4) is 0 Å². The zero-order valence-corrected chi connectivity index (χ0v) is 6.79. The minimum atomic E-state index is -1.08. The minimum absolute atomic E-state index is 0.0111. The van der Waals surface area contributed by atoms with Crippen LogP contribution < -0.4 is 5.32 Å². The number of methoxy groups -OCH3 is 1. The first-order valence-corrected chi connectivity index (χ1v) is 3.26. The Morgan fingerprint density at radius 3 is 2.50 bits per heavy atom. The topological polar surface area (TPSA) is 75.6 Å². The lowest BCUT2D eigenvalue weighted by atomic mass is 10.3. The SMILES string of the molecule is C=C(CNCC(=O)OC)C(=O)O. The van der Waals surface area contributed by atoms with Crippen LogP contribution in [0.4, 0.5) is 0 Å². The number of esters is 1. The predicted molar refractivity (Wildman–Crippen MR) is 41.7 cm³/mol. The summed E-state index contributed by atoms with van der Waals surface area (Å²) < 4.78 is 4.31. The molecule has 0 spiro atoms. The highest BCUT2D eigenvalue weighted by atomic mass is 16.5. The van der Waals surface area contributed by atoms with E-state index in [0.29, 0.717) is 0 Å². The number of carbonyl (C=O) groups is 2. The number of ether oxygens (including phenoxy) is 1. The summed E-state index contributed by atoms with van der Waals surface area (Å²) in [6.45, 7) is 3.33. The first kappa shape index (κ1) is 10.6. The molecule has 0 unspecified atom stereocenters. The van der Waals surface area contributed by atoms with Gasteiger partial charge in [-0.05, 0) is 0 Å². The molecule has 0 aromatic rings. The molecule has 12 heavy (non-hydrogen) atoms. The number of carbonyl (C=O) groups excluding carboxylic acids is 1. The lowest BCUT2D eigenvalue weighted by molar-refractivity contribution is -0.139. The smallest absolute Gasteiger partial charge is 0.332 e. The molecular weight excluding hydrogens is 162 g/mol. The first-order chi connectivity index (χ1) is 5.57. The number of nitrogens with one attached hydrogen (secondary N) is 1. The third-order valence-corrected chi connectivity index (χ3v) is 1.14. The van der Waals surface area contributed by atoms with E-state index in [4.69, 9.17) is 5.11 Å². The van der Waals surface area contributed by atoms with Crippen molar-refractivity contribution < 1.29 is 19.4 Å². The summed E-state index contributed by atoms with van der Waals surface area (Å²) in [6, 6.07) is 0. The van der Waals surface area contributed by atoms with Gasteiger partial charge in [0.15, 0.2) is 0 Å². The standard InChI is InChI=1S/C7H11NO4/c1-5(7(10)11)3-8-4-6(9)12-2/h8H,1,3-4H2,2H3,(H,10,11). The monoisotopic (exact) mass is 173 g/mol. The van der Waals surface area contributed by atoms with E-state index in [1.807, 2.05) is 0 Å². The maximum Gasteiger partial charge on any atom is 0.332 e. The van der Waals surface area contributed by atoms with Crippen molar-refractivity contribution in [1.82, 2.24) is 5.32 Å². The predicted octanol–water partition coefficient (Wildman–Crippen LogP) is -0.610. The molecule has 0 atom stereocenters.